The maximum Gasteiger partial charge on any atom is 0.255 e. The third kappa shape index (κ3) is 2.96. The number of aliphatic hydroxyl groups is 1. The lowest BCUT2D eigenvalue weighted by Crippen LogP contribution is -2.29. The number of hydrogen-bond acceptors (Lipinski definition) is 6. The van der Waals surface area contributed by atoms with Crippen LogP contribution < -0.4 is 10.9 Å². The number of nitrogens with one attached hydrogen (secondary N) is 2. The zero-order valence-electron chi connectivity index (χ0n) is 17.5. The number of nitrogens with zero attached hydrogens (tertiary/aromatic N) is 4. The van der Waals surface area contributed by atoms with Gasteiger partial charge in [-0.25, -0.2) is 4.98 Å². The van der Waals surface area contributed by atoms with Crippen LogP contribution in [0, 0.1) is 0 Å². The normalized spacial score (nSPS) is 20.1. The summed E-state index contributed by atoms with van der Waals surface area (Å²) >= 11 is 0. The lowest BCUT2D eigenvalue weighted by molar-refractivity contribution is 0.134. The van der Waals surface area contributed by atoms with Gasteiger partial charge in [0.25, 0.3) is 5.56 Å². The number of aromatic nitrogens is 3. The van der Waals surface area contributed by atoms with Crippen LogP contribution in [-0.2, 0) is 13.1 Å². The molecule has 0 bridgehead atoms. The smallest absolute Gasteiger partial charge is 0.255 e. The van der Waals surface area contributed by atoms with Gasteiger partial charge in [0.05, 0.1) is 16.7 Å². The molecule has 4 aromatic rings. The average Bonchev–Trinajstić information content (AvgIpc) is 3.49. The van der Waals surface area contributed by atoms with E-state index in [0.717, 1.165) is 35.4 Å². The molecular weight excluding hydrogens is 404 g/mol. The Morgan fingerprint density at radius 2 is 1.84 bits per heavy atom. The van der Waals surface area contributed by atoms with Crippen LogP contribution >= 0.6 is 0 Å². The molecule has 32 heavy (non-hydrogen) atoms. The van der Waals surface area contributed by atoms with E-state index in [9.17, 15) is 9.90 Å². The monoisotopic (exact) mass is 426 g/mol. The maximum absolute atomic E-state index is 12.1. The zero-order valence-corrected chi connectivity index (χ0v) is 17.5. The Morgan fingerprint density at radius 1 is 1.06 bits per heavy atom. The van der Waals surface area contributed by atoms with Gasteiger partial charge in [-0.05, 0) is 41.5 Å². The molecular formula is C24H22N6O2. The molecule has 2 aliphatic heterocycles. The first-order valence-electron chi connectivity index (χ1n) is 10.6. The van der Waals surface area contributed by atoms with Crippen LogP contribution in [0.5, 0.6) is 0 Å². The van der Waals surface area contributed by atoms with Crippen LogP contribution in [0.25, 0.3) is 16.7 Å². The number of aromatic amines is 1. The van der Waals surface area contributed by atoms with E-state index < -0.39 is 12.1 Å². The summed E-state index contributed by atoms with van der Waals surface area (Å²) in [6, 6.07) is 16.4. The summed E-state index contributed by atoms with van der Waals surface area (Å²) in [5.74, 6) is 0.692. The quantitative estimate of drug-likeness (QED) is 0.466. The Bertz CT molecular complexity index is 1380. The second kappa shape index (κ2) is 7.15. The standard InChI is InChI=1S/C24H22N6O2/c1-29-22(24-26-18-10-15-12-25-13-16(15)11-19(18)27-24)23(32)21(28-29)14-5-7-17(8-6-14)30-9-3-2-4-20(30)31/h2-11,22-23,25,32H,12-13H2,1H3,(H,26,27). The minimum absolute atomic E-state index is 0.0927. The van der Waals surface area contributed by atoms with E-state index in [1.165, 1.54) is 17.2 Å². The number of benzene rings is 2. The number of aliphatic hydroxyl groups excluding tert-OH is 1. The van der Waals surface area contributed by atoms with Gasteiger partial charge in [0, 0.05) is 43.7 Å². The van der Waals surface area contributed by atoms with E-state index in [2.05, 4.69) is 27.5 Å². The van der Waals surface area contributed by atoms with Crippen LogP contribution in [0.3, 0.4) is 0 Å². The maximum atomic E-state index is 12.1. The van der Waals surface area contributed by atoms with Crippen molar-refractivity contribution in [1.82, 2.24) is 24.9 Å². The number of fused-ring (bicyclic) bond motifs is 2. The summed E-state index contributed by atoms with van der Waals surface area (Å²) in [6.07, 6.45) is 0.899. The van der Waals surface area contributed by atoms with E-state index in [1.54, 1.807) is 21.8 Å². The summed E-state index contributed by atoms with van der Waals surface area (Å²) in [4.78, 5) is 20.2. The highest BCUT2D eigenvalue weighted by atomic mass is 16.3. The molecule has 2 aromatic carbocycles. The van der Waals surface area contributed by atoms with E-state index in [4.69, 9.17) is 4.98 Å². The Hall–Kier alpha value is -3.75. The predicted molar refractivity (Wildman–Crippen MR) is 122 cm³/mol. The minimum atomic E-state index is -0.834. The van der Waals surface area contributed by atoms with Gasteiger partial charge in [0.1, 0.15) is 18.0 Å². The van der Waals surface area contributed by atoms with Crippen molar-refractivity contribution in [3.8, 4) is 5.69 Å². The van der Waals surface area contributed by atoms with E-state index in [-0.39, 0.29) is 5.56 Å². The number of likely N-dealkylation sites (N-methyl/N-ethyl adjacent to an activating group) is 1. The Labute approximate surface area is 183 Å². The van der Waals surface area contributed by atoms with Crippen LogP contribution in [0.1, 0.15) is 28.6 Å². The van der Waals surface area contributed by atoms with E-state index in [1.807, 2.05) is 37.4 Å². The highest BCUT2D eigenvalue weighted by molar-refractivity contribution is 6.05. The zero-order chi connectivity index (χ0) is 21.8. The van der Waals surface area contributed by atoms with Gasteiger partial charge in [0.15, 0.2) is 0 Å². The van der Waals surface area contributed by atoms with Gasteiger partial charge in [-0.15, -0.1) is 0 Å². The molecule has 0 saturated carbocycles. The Kier molecular flexibility index (Phi) is 4.24. The highest BCUT2D eigenvalue weighted by Crippen LogP contribution is 2.32. The molecule has 2 aliphatic rings. The molecule has 2 unspecified atom stereocenters. The van der Waals surface area contributed by atoms with Crippen molar-refractivity contribution in [3.05, 3.63) is 93.7 Å². The number of hydrogen-bond donors (Lipinski definition) is 3. The summed E-state index contributed by atoms with van der Waals surface area (Å²) < 4.78 is 1.58. The molecule has 2 aromatic heterocycles. The summed E-state index contributed by atoms with van der Waals surface area (Å²) in [5.41, 5.74) is 6.47. The third-order valence-electron chi connectivity index (χ3n) is 6.24. The van der Waals surface area contributed by atoms with E-state index >= 15 is 0 Å². The topological polar surface area (TPSA) is 98.5 Å². The molecule has 8 nitrogen and oxygen atoms in total. The lowest BCUT2D eigenvalue weighted by Gasteiger charge is -2.19. The highest BCUT2D eigenvalue weighted by Gasteiger charge is 2.38. The molecule has 0 radical (unpaired) electrons. The first-order valence-corrected chi connectivity index (χ1v) is 10.6. The summed E-state index contributed by atoms with van der Waals surface area (Å²) in [5, 5.41) is 20.9. The van der Waals surface area contributed by atoms with Crippen molar-refractivity contribution in [2.45, 2.75) is 25.2 Å². The Morgan fingerprint density at radius 3 is 2.62 bits per heavy atom. The van der Waals surface area contributed by atoms with Crippen molar-refractivity contribution >= 4 is 16.7 Å². The molecule has 0 amide bonds. The van der Waals surface area contributed by atoms with Crippen molar-refractivity contribution in [2.75, 3.05) is 7.05 Å². The Balaban J connectivity index is 1.30. The number of hydrazone groups is 1. The molecule has 0 aliphatic carbocycles. The van der Waals surface area contributed by atoms with Crippen molar-refractivity contribution in [1.29, 1.82) is 0 Å². The summed E-state index contributed by atoms with van der Waals surface area (Å²) in [6.45, 7) is 1.72. The van der Waals surface area contributed by atoms with Gasteiger partial charge < -0.3 is 15.4 Å². The predicted octanol–water partition coefficient (Wildman–Crippen LogP) is 2.07. The van der Waals surface area contributed by atoms with Crippen LogP contribution in [-0.4, -0.2) is 43.5 Å². The number of rotatable bonds is 3. The van der Waals surface area contributed by atoms with Gasteiger partial charge in [-0.1, -0.05) is 18.2 Å². The van der Waals surface area contributed by atoms with Crippen LogP contribution in [0.2, 0.25) is 0 Å². The fraction of sp³-hybridized carbons (Fsp3) is 0.208. The molecule has 0 saturated heterocycles. The van der Waals surface area contributed by atoms with Gasteiger partial charge in [-0.3, -0.25) is 14.4 Å². The van der Waals surface area contributed by atoms with Crippen LogP contribution in [0.15, 0.2) is 70.7 Å². The van der Waals surface area contributed by atoms with E-state index in [0.29, 0.717) is 11.5 Å². The largest absolute Gasteiger partial charge is 0.384 e. The molecule has 6 rings (SSSR count). The van der Waals surface area contributed by atoms with Crippen molar-refractivity contribution in [2.24, 2.45) is 5.10 Å². The first-order chi connectivity index (χ1) is 15.6. The molecule has 4 heterocycles. The molecule has 160 valence electrons. The molecule has 8 heteroatoms. The molecule has 2 atom stereocenters. The third-order valence-corrected chi connectivity index (χ3v) is 6.24. The summed E-state index contributed by atoms with van der Waals surface area (Å²) in [7, 11) is 1.84. The van der Waals surface area contributed by atoms with Gasteiger partial charge in [0.2, 0.25) is 0 Å². The second-order valence-electron chi connectivity index (χ2n) is 8.27. The number of imidazole rings is 1. The molecule has 0 fully saturated rings. The minimum Gasteiger partial charge on any atom is -0.384 e. The van der Waals surface area contributed by atoms with Crippen LogP contribution in [0.4, 0.5) is 0 Å². The SMILES string of the molecule is CN1N=C(c2ccc(-n3ccccc3=O)cc2)C(O)C1c1nc2cc3c(cc2[nH]1)CNC3. The molecule has 3 N–H and O–H groups in total. The average molecular weight is 426 g/mol. The van der Waals surface area contributed by atoms with Crippen molar-refractivity contribution < 1.29 is 5.11 Å². The van der Waals surface area contributed by atoms with Gasteiger partial charge >= 0.3 is 0 Å². The fourth-order valence-corrected chi connectivity index (χ4v) is 4.60. The fourth-order valence-electron chi connectivity index (χ4n) is 4.60. The van der Waals surface area contributed by atoms with Gasteiger partial charge in [-0.2, -0.15) is 5.10 Å². The first kappa shape index (κ1) is 19.0. The lowest BCUT2D eigenvalue weighted by atomic mass is 10.0. The number of H-pyrrole nitrogens is 1. The number of pyridine rings is 1. The van der Waals surface area contributed by atoms with Crippen molar-refractivity contribution in [3.63, 3.8) is 0 Å². The second-order valence-corrected chi connectivity index (χ2v) is 8.27. The molecule has 0 spiro atoms.